The van der Waals surface area contributed by atoms with Crippen molar-refractivity contribution in [1.29, 1.82) is 0 Å². The van der Waals surface area contributed by atoms with Crippen LogP contribution in [0.2, 0.25) is 0 Å². The van der Waals surface area contributed by atoms with Crippen LogP contribution in [0.4, 0.5) is 5.69 Å². The average molecular weight is 360 g/mol. The number of nitrogens with one attached hydrogen (secondary N) is 3. The summed E-state index contributed by atoms with van der Waals surface area (Å²) in [6.45, 7) is 1.35. The SMILES string of the molecule is Cl.O=C(NCc1ccccc1)c1cccc(NC(=O)C2CCCN2)c1. The van der Waals surface area contributed by atoms with Gasteiger partial charge in [-0.1, -0.05) is 36.4 Å². The maximum atomic E-state index is 12.3. The summed E-state index contributed by atoms with van der Waals surface area (Å²) in [5.74, 6) is -0.205. The highest BCUT2D eigenvalue weighted by molar-refractivity contribution is 5.98. The van der Waals surface area contributed by atoms with Crippen LogP contribution < -0.4 is 16.0 Å². The second kappa shape index (κ2) is 9.20. The number of amides is 2. The van der Waals surface area contributed by atoms with E-state index in [1.54, 1.807) is 24.3 Å². The molecule has 132 valence electrons. The summed E-state index contributed by atoms with van der Waals surface area (Å²) in [5.41, 5.74) is 2.21. The van der Waals surface area contributed by atoms with Gasteiger partial charge in [-0.15, -0.1) is 12.4 Å². The Bertz CT molecular complexity index is 716. The minimum atomic E-state index is -0.158. The van der Waals surface area contributed by atoms with E-state index in [1.807, 2.05) is 30.3 Å². The van der Waals surface area contributed by atoms with Crippen LogP contribution in [0.3, 0.4) is 0 Å². The van der Waals surface area contributed by atoms with E-state index in [2.05, 4.69) is 16.0 Å². The third kappa shape index (κ3) is 5.31. The monoisotopic (exact) mass is 359 g/mol. The van der Waals surface area contributed by atoms with E-state index in [0.717, 1.165) is 24.9 Å². The van der Waals surface area contributed by atoms with Gasteiger partial charge in [0.1, 0.15) is 0 Å². The van der Waals surface area contributed by atoms with Crippen molar-refractivity contribution in [2.75, 3.05) is 11.9 Å². The van der Waals surface area contributed by atoms with Crippen molar-refractivity contribution in [3.05, 3.63) is 65.7 Å². The Labute approximate surface area is 153 Å². The lowest BCUT2D eigenvalue weighted by Crippen LogP contribution is -2.35. The molecule has 5 nitrogen and oxygen atoms in total. The summed E-state index contributed by atoms with van der Waals surface area (Å²) in [6.07, 6.45) is 1.86. The third-order valence-electron chi connectivity index (χ3n) is 4.06. The summed E-state index contributed by atoms with van der Waals surface area (Å²) >= 11 is 0. The molecule has 2 amide bonds. The molecular weight excluding hydrogens is 338 g/mol. The summed E-state index contributed by atoms with van der Waals surface area (Å²) in [7, 11) is 0. The lowest BCUT2D eigenvalue weighted by Gasteiger charge is -2.12. The molecule has 0 aliphatic carbocycles. The largest absolute Gasteiger partial charge is 0.348 e. The van der Waals surface area contributed by atoms with Crippen LogP contribution in [0.1, 0.15) is 28.8 Å². The first-order valence-corrected chi connectivity index (χ1v) is 8.19. The zero-order valence-electron chi connectivity index (χ0n) is 13.8. The minimum Gasteiger partial charge on any atom is -0.348 e. The lowest BCUT2D eigenvalue weighted by atomic mass is 10.1. The topological polar surface area (TPSA) is 70.2 Å². The maximum Gasteiger partial charge on any atom is 0.251 e. The summed E-state index contributed by atoms with van der Waals surface area (Å²) in [6, 6.07) is 16.6. The van der Waals surface area contributed by atoms with Crippen molar-refractivity contribution in [2.45, 2.75) is 25.4 Å². The fraction of sp³-hybridized carbons (Fsp3) is 0.263. The first kappa shape index (κ1) is 19.0. The number of carbonyl (C=O) groups is 2. The van der Waals surface area contributed by atoms with E-state index < -0.39 is 0 Å². The van der Waals surface area contributed by atoms with Crippen LogP contribution in [-0.2, 0) is 11.3 Å². The molecule has 0 bridgehead atoms. The minimum absolute atomic E-state index is 0. The second-order valence-corrected chi connectivity index (χ2v) is 5.89. The highest BCUT2D eigenvalue weighted by atomic mass is 35.5. The molecule has 3 rings (SSSR count). The number of halogens is 1. The van der Waals surface area contributed by atoms with Gasteiger partial charge in [0.05, 0.1) is 6.04 Å². The molecule has 25 heavy (non-hydrogen) atoms. The Morgan fingerprint density at radius 1 is 1.08 bits per heavy atom. The maximum absolute atomic E-state index is 12.3. The quantitative estimate of drug-likeness (QED) is 0.768. The Balaban J connectivity index is 0.00000225. The Morgan fingerprint density at radius 3 is 2.60 bits per heavy atom. The van der Waals surface area contributed by atoms with E-state index in [-0.39, 0.29) is 30.3 Å². The first-order chi connectivity index (χ1) is 11.7. The smallest absolute Gasteiger partial charge is 0.251 e. The van der Waals surface area contributed by atoms with E-state index >= 15 is 0 Å². The van der Waals surface area contributed by atoms with E-state index in [9.17, 15) is 9.59 Å². The van der Waals surface area contributed by atoms with Gasteiger partial charge in [0.2, 0.25) is 5.91 Å². The van der Waals surface area contributed by atoms with Crippen LogP contribution in [0.25, 0.3) is 0 Å². The molecule has 1 unspecified atom stereocenters. The Morgan fingerprint density at radius 2 is 1.88 bits per heavy atom. The third-order valence-corrected chi connectivity index (χ3v) is 4.06. The highest BCUT2D eigenvalue weighted by Crippen LogP contribution is 2.13. The zero-order valence-corrected chi connectivity index (χ0v) is 14.6. The first-order valence-electron chi connectivity index (χ1n) is 8.19. The number of carbonyl (C=O) groups excluding carboxylic acids is 2. The molecule has 1 aliphatic heterocycles. The van der Waals surface area contributed by atoms with Crippen LogP contribution in [0.15, 0.2) is 54.6 Å². The number of hydrogen-bond acceptors (Lipinski definition) is 3. The number of anilines is 1. The molecule has 2 aromatic rings. The molecule has 1 saturated heterocycles. The van der Waals surface area contributed by atoms with Crippen molar-refractivity contribution in [3.63, 3.8) is 0 Å². The molecule has 0 radical (unpaired) electrons. The highest BCUT2D eigenvalue weighted by Gasteiger charge is 2.22. The Kier molecular flexibility index (Phi) is 6.98. The summed E-state index contributed by atoms with van der Waals surface area (Å²) in [4.78, 5) is 24.4. The van der Waals surface area contributed by atoms with Gasteiger partial charge in [-0.05, 0) is 43.1 Å². The van der Waals surface area contributed by atoms with Crippen molar-refractivity contribution >= 4 is 29.9 Å². The van der Waals surface area contributed by atoms with Crippen molar-refractivity contribution in [3.8, 4) is 0 Å². The predicted molar refractivity (Wildman–Crippen MR) is 101 cm³/mol. The van der Waals surface area contributed by atoms with E-state index in [4.69, 9.17) is 0 Å². The second-order valence-electron chi connectivity index (χ2n) is 5.89. The summed E-state index contributed by atoms with van der Waals surface area (Å²) in [5, 5.41) is 8.92. The van der Waals surface area contributed by atoms with Crippen molar-refractivity contribution in [1.82, 2.24) is 10.6 Å². The van der Waals surface area contributed by atoms with Gasteiger partial charge in [0.15, 0.2) is 0 Å². The molecule has 0 aromatic heterocycles. The summed E-state index contributed by atoms with van der Waals surface area (Å²) < 4.78 is 0. The molecular formula is C19H22ClN3O2. The van der Waals surface area contributed by atoms with Crippen molar-refractivity contribution in [2.24, 2.45) is 0 Å². The molecule has 0 saturated carbocycles. The van der Waals surface area contributed by atoms with Gasteiger partial charge >= 0.3 is 0 Å². The van der Waals surface area contributed by atoms with Crippen LogP contribution in [0, 0.1) is 0 Å². The normalized spacial score (nSPS) is 15.9. The van der Waals surface area contributed by atoms with Gasteiger partial charge in [0, 0.05) is 17.8 Å². The van der Waals surface area contributed by atoms with Gasteiger partial charge in [-0.3, -0.25) is 9.59 Å². The zero-order chi connectivity index (χ0) is 16.8. The number of rotatable bonds is 5. The molecule has 2 aromatic carbocycles. The van der Waals surface area contributed by atoms with Crippen LogP contribution in [-0.4, -0.2) is 24.4 Å². The molecule has 1 heterocycles. The standard InChI is InChI=1S/C19H21N3O2.ClH/c23-18(21-13-14-6-2-1-3-7-14)15-8-4-9-16(12-15)22-19(24)17-10-5-11-20-17;/h1-4,6-9,12,17,20H,5,10-11,13H2,(H,21,23)(H,22,24);1H. The van der Waals surface area contributed by atoms with Gasteiger partial charge < -0.3 is 16.0 Å². The van der Waals surface area contributed by atoms with E-state index in [0.29, 0.717) is 17.8 Å². The van der Waals surface area contributed by atoms with Crippen LogP contribution >= 0.6 is 12.4 Å². The lowest BCUT2D eigenvalue weighted by molar-refractivity contribution is -0.117. The van der Waals surface area contributed by atoms with Gasteiger partial charge in [-0.25, -0.2) is 0 Å². The molecule has 1 fully saturated rings. The average Bonchev–Trinajstić information content (AvgIpc) is 3.15. The molecule has 0 spiro atoms. The number of benzene rings is 2. The number of hydrogen-bond donors (Lipinski definition) is 3. The van der Waals surface area contributed by atoms with E-state index in [1.165, 1.54) is 0 Å². The molecule has 3 N–H and O–H groups in total. The molecule has 6 heteroatoms. The van der Waals surface area contributed by atoms with Gasteiger partial charge in [-0.2, -0.15) is 0 Å². The van der Waals surface area contributed by atoms with Crippen molar-refractivity contribution < 1.29 is 9.59 Å². The fourth-order valence-electron chi connectivity index (χ4n) is 2.76. The van der Waals surface area contributed by atoms with Gasteiger partial charge in [0.25, 0.3) is 5.91 Å². The predicted octanol–water partition coefficient (Wildman–Crippen LogP) is 2.73. The molecule has 1 aliphatic rings. The van der Waals surface area contributed by atoms with Crippen LogP contribution in [0.5, 0.6) is 0 Å². The Hall–Kier alpha value is -2.37. The molecule has 1 atom stereocenters. The fourth-order valence-corrected chi connectivity index (χ4v) is 2.76.